The van der Waals surface area contributed by atoms with Gasteiger partial charge in [-0.1, -0.05) is 67.3 Å². The number of carbonyl (C=O) groups excluding carboxylic acids is 2. The fourth-order valence-electron chi connectivity index (χ4n) is 4.91. The van der Waals surface area contributed by atoms with Gasteiger partial charge in [-0.25, -0.2) is 4.39 Å². The first-order valence-corrected chi connectivity index (χ1v) is 14.0. The van der Waals surface area contributed by atoms with Crippen molar-refractivity contribution in [2.75, 3.05) is 16.0 Å². The largest absolute Gasteiger partial charge is 0.384 e. The molecule has 0 fully saturated rings. The van der Waals surface area contributed by atoms with E-state index < -0.39 is 11.7 Å². The van der Waals surface area contributed by atoms with Crippen LogP contribution in [0.2, 0.25) is 0 Å². The second kappa shape index (κ2) is 10.6. The van der Waals surface area contributed by atoms with Crippen molar-refractivity contribution >= 4 is 45.6 Å². The zero-order valence-corrected chi connectivity index (χ0v) is 22.9. The number of thioether (sulfide) groups is 1. The molecule has 11 heteroatoms. The molecule has 2 aliphatic rings. The lowest BCUT2D eigenvalue weighted by atomic mass is 9.69. The van der Waals surface area contributed by atoms with Crippen LogP contribution in [0.25, 0.3) is 0 Å². The Morgan fingerprint density at radius 3 is 2.62 bits per heavy atom. The Balaban J connectivity index is 1.48. The molecule has 0 bridgehead atoms. The second-order valence-electron chi connectivity index (χ2n) is 10.1. The van der Waals surface area contributed by atoms with Crippen LogP contribution in [0.15, 0.2) is 81.6 Å². The van der Waals surface area contributed by atoms with Gasteiger partial charge in [0.05, 0.1) is 23.3 Å². The predicted octanol–water partition coefficient (Wildman–Crippen LogP) is 5.35. The number of ketones is 1. The van der Waals surface area contributed by atoms with Gasteiger partial charge in [-0.05, 0) is 41.7 Å². The standard InChI is InChI=1S/C28H25FN6O2S2/c1-28(2)12-20-24(21(36)13-28)23(16-8-10-17(29)11-9-16)19(14-30)25(31)35(20)26-33-34-27(39-26)38-15-22(37)32-18-6-4-3-5-7-18/h3-11,23H,12-13,15,31H2,1-2H3,(H,32,37). The monoisotopic (exact) mass is 560 g/mol. The number of Topliss-reactive ketones (excluding diaryl/α,β-unsaturated/α-hetero) is 1. The number of hydrogen-bond acceptors (Lipinski definition) is 9. The van der Waals surface area contributed by atoms with E-state index in [4.69, 9.17) is 5.73 Å². The number of rotatable bonds is 6. The molecule has 0 saturated carbocycles. The summed E-state index contributed by atoms with van der Waals surface area (Å²) in [6.07, 6.45) is 0.830. The Morgan fingerprint density at radius 1 is 1.21 bits per heavy atom. The van der Waals surface area contributed by atoms with Gasteiger partial charge in [-0.3, -0.25) is 14.5 Å². The number of anilines is 2. The number of nitrogens with one attached hydrogen (secondary N) is 1. The Kier molecular flexibility index (Phi) is 7.25. The number of nitrogens with zero attached hydrogens (tertiary/aromatic N) is 4. The molecule has 8 nitrogen and oxygen atoms in total. The molecule has 1 aliphatic carbocycles. The highest BCUT2D eigenvalue weighted by Crippen LogP contribution is 2.50. The van der Waals surface area contributed by atoms with Gasteiger partial charge in [0.25, 0.3) is 0 Å². The fraction of sp³-hybridized carbons (Fsp3) is 0.250. The van der Waals surface area contributed by atoms with E-state index in [9.17, 15) is 19.2 Å². The quantitative estimate of drug-likeness (QED) is 0.387. The van der Waals surface area contributed by atoms with Crippen molar-refractivity contribution in [3.63, 3.8) is 0 Å². The maximum atomic E-state index is 13.7. The van der Waals surface area contributed by atoms with Gasteiger partial charge < -0.3 is 11.1 Å². The molecule has 1 aromatic heterocycles. The molecule has 0 spiro atoms. The SMILES string of the molecule is CC1(C)CC(=O)C2=C(C1)N(c1nnc(SCC(=O)Nc3ccccc3)s1)C(N)=C(C#N)C2c1ccc(F)cc1. The van der Waals surface area contributed by atoms with Crippen molar-refractivity contribution in [1.29, 1.82) is 5.26 Å². The van der Waals surface area contributed by atoms with Gasteiger partial charge in [0, 0.05) is 23.4 Å². The van der Waals surface area contributed by atoms with Crippen molar-refractivity contribution in [2.24, 2.45) is 11.1 Å². The minimum absolute atomic E-state index is 0.0856. The summed E-state index contributed by atoms with van der Waals surface area (Å²) < 4.78 is 14.2. The lowest BCUT2D eigenvalue weighted by Crippen LogP contribution is -2.42. The maximum Gasteiger partial charge on any atom is 0.234 e. The van der Waals surface area contributed by atoms with Crippen LogP contribution >= 0.6 is 23.1 Å². The number of allylic oxidation sites excluding steroid dienone is 3. The molecule has 3 N–H and O–H groups in total. The van der Waals surface area contributed by atoms with Gasteiger partial charge in [0.2, 0.25) is 11.0 Å². The highest BCUT2D eigenvalue weighted by atomic mass is 32.2. The Morgan fingerprint density at radius 2 is 1.92 bits per heavy atom. The van der Waals surface area contributed by atoms with Crippen LogP contribution in [0, 0.1) is 22.6 Å². The van der Waals surface area contributed by atoms with E-state index in [1.165, 1.54) is 35.2 Å². The zero-order valence-electron chi connectivity index (χ0n) is 21.3. The number of nitriles is 1. The third-order valence-electron chi connectivity index (χ3n) is 6.56. The highest BCUT2D eigenvalue weighted by Gasteiger charge is 2.45. The molecular weight excluding hydrogens is 535 g/mol. The number of halogens is 1. The topological polar surface area (TPSA) is 125 Å². The van der Waals surface area contributed by atoms with E-state index in [1.807, 2.05) is 32.0 Å². The van der Waals surface area contributed by atoms with Gasteiger partial charge in [0.15, 0.2) is 10.1 Å². The lowest BCUT2D eigenvalue weighted by Gasteiger charge is -2.42. The summed E-state index contributed by atoms with van der Waals surface area (Å²) >= 11 is 2.46. The van der Waals surface area contributed by atoms with Crippen molar-refractivity contribution in [1.82, 2.24) is 10.2 Å². The third kappa shape index (κ3) is 5.44. The number of nitrogens with two attached hydrogens (primary N) is 1. The van der Waals surface area contributed by atoms with Gasteiger partial charge in [-0.15, -0.1) is 10.2 Å². The normalized spacial score (nSPS) is 18.6. The smallest absolute Gasteiger partial charge is 0.234 e. The van der Waals surface area contributed by atoms with Crippen molar-refractivity contribution in [3.05, 3.63) is 88.6 Å². The number of para-hydroxylation sites is 1. The van der Waals surface area contributed by atoms with Crippen LogP contribution in [0.1, 0.15) is 38.2 Å². The second-order valence-corrected chi connectivity index (χ2v) is 12.3. The molecular formula is C28H25FN6O2S2. The number of hydrogen-bond donors (Lipinski definition) is 2. The molecule has 1 aliphatic heterocycles. The molecule has 1 atom stereocenters. The van der Waals surface area contributed by atoms with Gasteiger partial charge in [-0.2, -0.15) is 5.26 Å². The summed E-state index contributed by atoms with van der Waals surface area (Å²) in [5, 5.41) is 21.9. The molecule has 1 unspecified atom stereocenters. The summed E-state index contributed by atoms with van der Waals surface area (Å²) in [6.45, 7) is 4.01. The molecule has 0 saturated heterocycles. The molecule has 198 valence electrons. The summed E-state index contributed by atoms with van der Waals surface area (Å²) in [5.74, 6) is -1.09. The summed E-state index contributed by atoms with van der Waals surface area (Å²) in [5.41, 5.74) is 8.92. The van der Waals surface area contributed by atoms with E-state index in [-0.39, 0.29) is 34.3 Å². The minimum atomic E-state index is -0.700. The van der Waals surface area contributed by atoms with E-state index in [0.717, 1.165) is 0 Å². The molecule has 39 heavy (non-hydrogen) atoms. The average Bonchev–Trinajstić information content (AvgIpc) is 3.36. The maximum absolute atomic E-state index is 13.7. The first kappa shape index (κ1) is 26.6. The molecule has 3 aromatic rings. The van der Waals surface area contributed by atoms with Crippen LogP contribution in [0.4, 0.5) is 15.2 Å². The Bertz CT molecular complexity index is 1540. The van der Waals surface area contributed by atoms with Crippen molar-refractivity contribution in [2.45, 2.75) is 36.9 Å². The third-order valence-corrected chi connectivity index (χ3v) is 8.60. The predicted molar refractivity (Wildman–Crippen MR) is 149 cm³/mol. The molecule has 1 amide bonds. The number of carbonyl (C=O) groups is 2. The van der Waals surface area contributed by atoms with Crippen LogP contribution in [0.3, 0.4) is 0 Å². The van der Waals surface area contributed by atoms with E-state index in [0.29, 0.717) is 44.8 Å². The van der Waals surface area contributed by atoms with Gasteiger partial charge >= 0.3 is 0 Å². The Hall–Kier alpha value is -4.01. The average molecular weight is 561 g/mol. The number of benzene rings is 2. The molecule has 2 aromatic carbocycles. The number of aromatic nitrogens is 2. The number of amides is 1. The van der Waals surface area contributed by atoms with Crippen LogP contribution in [-0.4, -0.2) is 27.6 Å². The summed E-state index contributed by atoms with van der Waals surface area (Å²) in [4.78, 5) is 27.6. The fourth-order valence-corrected chi connectivity index (χ4v) is 6.59. The van der Waals surface area contributed by atoms with Crippen molar-refractivity contribution in [3.8, 4) is 6.07 Å². The van der Waals surface area contributed by atoms with Crippen LogP contribution < -0.4 is 16.0 Å². The van der Waals surface area contributed by atoms with E-state index in [1.54, 1.807) is 29.2 Å². The highest BCUT2D eigenvalue weighted by molar-refractivity contribution is 8.01. The molecule has 0 radical (unpaired) electrons. The summed E-state index contributed by atoms with van der Waals surface area (Å²) in [6, 6.07) is 17.1. The van der Waals surface area contributed by atoms with Crippen LogP contribution in [-0.2, 0) is 9.59 Å². The van der Waals surface area contributed by atoms with Crippen molar-refractivity contribution < 1.29 is 14.0 Å². The first-order valence-electron chi connectivity index (χ1n) is 12.2. The molecule has 2 heterocycles. The Labute approximate surface area is 233 Å². The minimum Gasteiger partial charge on any atom is -0.384 e. The summed E-state index contributed by atoms with van der Waals surface area (Å²) in [7, 11) is 0. The lowest BCUT2D eigenvalue weighted by molar-refractivity contribution is -0.118. The van der Waals surface area contributed by atoms with Gasteiger partial charge in [0.1, 0.15) is 11.6 Å². The van der Waals surface area contributed by atoms with E-state index >= 15 is 0 Å². The van der Waals surface area contributed by atoms with Crippen LogP contribution in [0.5, 0.6) is 0 Å². The van der Waals surface area contributed by atoms with E-state index in [2.05, 4.69) is 21.6 Å². The molecule has 5 rings (SSSR count). The first-order chi connectivity index (χ1) is 18.7. The zero-order chi connectivity index (χ0) is 27.7.